The molecule has 0 bridgehead atoms. The van der Waals surface area contributed by atoms with Crippen LogP contribution in [0.4, 0.5) is 4.79 Å². The molecule has 23 heavy (non-hydrogen) atoms. The smallest absolute Gasteiger partial charge is 0.315 e. The van der Waals surface area contributed by atoms with E-state index in [-0.39, 0.29) is 12.1 Å². The predicted octanol–water partition coefficient (Wildman–Crippen LogP) is 3.02. The van der Waals surface area contributed by atoms with Crippen molar-refractivity contribution in [1.29, 1.82) is 0 Å². The molecule has 2 aromatic rings. The van der Waals surface area contributed by atoms with Crippen molar-refractivity contribution in [1.82, 2.24) is 20.6 Å². The van der Waals surface area contributed by atoms with Crippen LogP contribution in [-0.4, -0.2) is 22.5 Å². The molecule has 3 rings (SSSR count). The summed E-state index contributed by atoms with van der Waals surface area (Å²) in [6, 6.07) is 3.64. The van der Waals surface area contributed by atoms with Gasteiger partial charge in [0.15, 0.2) is 0 Å². The second-order valence-electron chi connectivity index (χ2n) is 5.84. The number of aryl methyl sites for hydroxylation is 2. The molecule has 1 unspecified atom stereocenters. The minimum Gasteiger partial charge on any atom is -0.338 e. The van der Waals surface area contributed by atoms with Gasteiger partial charge < -0.3 is 10.6 Å². The number of amides is 2. The van der Waals surface area contributed by atoms with Crippen molar-refractivity contribution < 1.29 is 4.79 Å². The van der Waals surface area contributed by atoms with Gasteiger partial charge in [-0.1, -0.05) is 0 Å². The Kier molecular flexibility index (Phi) is 5.23. The highest BCUT2D eigenvalue weighted by Gasteiger charge is 2.15. The Morgan fingerprint density at radius 1 is 1.30 bits per heavy atom. The van der Waals surface area contributed by atoms with Gasteiger partial charge in [-0.05, 0) is 50.3 Å². The lowest BCUT2D eigenvalue weighted by atomic mass is 10.0. The molecule has 0 radical (unpaired) electrons. The molecule has 1 aliphatic rings. The number of urea groups is 1. The Morgan fingerprint density at radius 2 is 2.09 bits per heavy atom. The third-order valence-electron chi connectivity index (χ3n) is 4.07. The summed E-state index contributed by atoms with van der Waals surface area (Å²) in [5, 5.41) is 6.99. The summed E-state index contributed by atoms with van der Waals surface area (Å²) < 4.78 is 0. The van der Waals surface area contributed by atoms with E-state index in [0.717, 1.165) is 23.4 Å². The molecule has 0 saturated carbocycles. The van der Waals surface area contributed by atoms with Crippen LogP contribution >= 0.6 is 11.3 Å². The van der Waals surface area contributed by atoms with E-state index in [1.165, 1.54) is 29.8 Å². The van der Waals surface area contributed by atoms with E-state index in [0.29, 0.717) is 6.54 Å². The SMILES string of the molecule is CC(NC(=O)NCCc1nc2c(s1)CCCC2)c1ccncc1. The summed E-state index contributed by atoms with van der Waals surface area (Å²) in [4.78, 5) is 22.1. The first-order valence-corrected chi connectivity index (χ1v) is 8.96. The van der Waals surface area contributed by atoms with Gasteiger partial charge in [0.05, 0.1) is 16.7 Å². The highest BCUT2D eigenvalue weighted by molar-refractivity contribution is 7.11. The van der Waals surface area contributed by atoms with Crippen LogP contribution in [0.1, 0.15) is 46.9 Å². The van der Waals surface area contributed by atoms with Gasteiger partial charge >= 0.3 is 6.03 Å². The zero-order valence-electron chi connectivity index (χ0n) is 13.3. The van der Waals surface area contributed by atoms with Gasteiger partial charge in [0.2, 0.25) is 0 Å². The third kappa shape index (κ3) is 4.28. The topological polar surface area (TPSA) is 66.9 Å². The first-order chi connectivity index (χ1) is 11.2. The number of fused-ring (bicyclic) bond motifs is 1. The van der Waals surface area contributed by atoms with E-state index in [4.69, 9.17) is 4.98 Å². The summed E-state index contributed by atoms with van der Waals surface area (Å²) in [7, 11) is 0. The van der Waals surface area contributed by atoms with Crippen molar-refractivity contribution in [2.45, 2.75) is 45.1 Å². The van der Waals surface area contributed by atoms with Crippen molar-refractivity contribution in [2.24, 2.45) is 0 Å². The van der Waals surface area contributed by atoms with Crippen LogP contribution in [0.5, 0.6) is 0 Å². The second kappa shape index (κ2) is 7.55. The number of carbonyl (C=O) groups excluding carboxylic acids is 1. The van der Waals surface area contributed by atoms with Crippen molar-refractivity contribution in [3.8, 4) is 0 Å². The molecule has 2 heterocycles. The summed E-state index contributed by atoms with van der Waals surface area (Å²) in [5.74, 6) is 0. The van der Waals surface area contributed by atoms with Crippen LogP contribution in [0, 0.1) is 0 Å². The maximum absolute atomic E-state index is 12.0. The standard InChI is InChI=1S/C17H22N4OS/c1-12(13-6-9-18-10-7-13)20-17(22)19-11-8-16-21-14-4-2-3-5-15(14)23-16/h6-7,9-10,12H,2-5,8,11H2,1H3,(H2,19,20,22). The molecule has 122 valence electrons. The maximum atomic E-state index is 12.0. The average Bonchev–Trinajstić information content (AvgIpc) is 2.98. The lowest BCUT2D eigenvalue weighted by Gasteiger charge is -2.14. The van der Waals surface area contributed by atoms with Crippen molar-refractivity contribution >= 4 is 17.4 Å². The van der Waals surface area contributed by atoms with Crippen LogP contribution < -0.4 is 10.6 Å². The van der Waals surface area contributed by atoms with Gasteiger partial charge in [0.25, 0.3) is 0 Å². The summed E-state index contributed by atoms with van der Waals surface area (Å²) in [6.45, 7) is 2.57. The van der Waals surface area contributed by atoms with Gasteiger partial charge in [-0.3, -0.25) is 4.98 Å². The molecule has 0 aromatic carbocycles. The number of nitrogens with one attached hydrogen (secondary N) is 2. The lowest BCUT2D eigenvalue weighted by Crippen LogP contribution is -2.38. The molecule has 6 heteroatoms. The minimum absolute atomic E-state index is 0.0369. The molecule has 2 amide bonds. The monoisotopic (exact) mass is 330 g/mol. The molecule has 1 atom stereocenters. The van der Waals surface area contributed by atoms with Gasteiger partial charge in [-0.15, -0.1) is 11.3 Å². The largest absolute Gasteiger partial charge is 0.338 e. The summed E-state index contributed by atoms with van der Waals surface area (Å²) >= 11 is 1.81. The average molecular weight is 330 g/mol. The maximum Gasteiger partial charge on any atom is 0.315 e. The first kappa shape index (κ1) is 15.9. The zero-order chi connectivity index (χ0) is 16.1. The highest BCUT2D eigenvalue weighted by atomic mass is 32.1. The molecule has 2 aromatic heterocycles. The van der Waals surface area contributed by atoms with Crippen molar-refractivity contribution in [3.63, 3.8) is 0 Å². The fraction of sp³-hybridized carbons (Fsp3) is 0.471. The van der Waals surface area contributed by atoms with Gasteiger partial charge in [-0.2, -0.15) is 0 Å². The summed E-state index contributed by atoms with van der Waals surface area (Å²) in [6.07, 6.45) is 9.08. The van der Waals surface area contributed by atoms with E-state index in [1.54, 1.807) is 12.4 Å². The van der Waals surface area contributed by atoms with Gasteiger partial charge in [-0.25, -0.2) is 9.78 Å². The molecule has 5 nitrogen and oxygen atoms in total. The summed E-state index contributed by atoms with van der Waals surface area (Å²) in [5.41, 5.74) is 2.33. The Hall–Kier alpha value is -1.95. The molecule has 0 aliphatic heterocycles. The fourth-order valence-electron chi connectivity index (χ4n) is 2.78. The van der Waals surface area contributed by atoms with E-state index in [9.17, 15) is 4.79 Å². The van der Waals surface area contributed by atoms with E-state index in [1.807, 2.05) is 30.4 Å². The first-order valence-electron chi connectivity index (χ1n) is 8.14. The van der Waals surface area contributed by atoms with Crippen LogP contribution in [0.15, 0.2) is 24.5 Å². The molecule has 0 saturated heterocycles. The number of aromatic nitrogens is 2. The highest BCUT2D eigenvalue weighted by Crippen LogP contribution is 2.26. The predicted molar refractivity (Wildman–Crippen MR) is 91.6 cm³/mol. The Balaban J connectivity index is 1.43. The quantitative estimate of drug-likeness (QED) is 0.885. The minimum atomic E-state index is -0.143. The van der Waals surface area contributed by atoms with Gasteiger partial charge in [0, 0.05) is 30.2 Å². The Labute approximate surface area is 140 Å². The number of carbonyl (C=O) groups is 1. The zero-order valence-corrected chi connectivity index (χ0v) is 14.2. The third-order valence-corrected chi connectivity index (χ3v) is 5.29. The van der Waals surface area contributed by atoms with Crippen LogP contribution in [0.2, 0.25) is 0 Å². The van der Waals surface area contributed by atoms with E-state index in [2.05, 4.69) is 15.6 Å². The molecule has 0 spiro atoms. The van der Waals surface area contributed by atoms with Crippen LogP contribution in [-0.2, 0) is 19.3 Å². The molecule has 1 aliphatic carbocycles. The molecule has 0 fully saturated rings. The number of hydrogen-bond acceptors (Lipinski definition) is 4. The number of thiazole rings is 1. The normalized spacial score (nSPS) is 14.8. The Morgan fingerprint density at radius 3 is 2.87 bits per heavy atom. The van der Waals surface area contributed by atoms with Crippen molar-refractivity contribution in [3.05, 3.63) is 45.7 Å². The van der Waals surface area contributed by atoms with Crippen LogP contribution in [0.25, 0.3) is 0 Å². The van der Waals surface area contributed by atoms with E-state index >= 15 is 0 Å². The molecular formula is C17H22N4OS. The number of nitrogens with zero attached hydrogens (tertiary/aromatic N) is 2. The lowest BCUT2D eigenvalue weighted by molar-refractivity contribution is 0.238. The van der Waals surface area contributed by atoms with Gasteiger partial charge in [0.1, 0.15) is 0 Å². The fourth-order valence-corrected chi connectivity index (χ4v) is 3.93. The number of hydrogen-bond donors (Lipinski definition) is 2. The second-order valence-corrected chi connectivity index (χ2v) is 7.01. The van der Waals surface area contributed by atoms with Crippen LogP contribution in [0.3, 0.4) is 0 Å². The number of pyridine rings is 1. The molecule has 2 N–H and O–H groups in total. The van der Waals surface area contributed by atoms with E-state index < -0.39 is 0 Å². The Bertz CT molecular complexity index is 632. The van der Waals surface area contributed by atoms with Crippen molar-refractivity contribution in [2.75, 3.05) is 6.54 Å². The molecular weight excluding hydrogens is 308 g/mol. The number of rotatable bonds is 5.